The molecule has 3 nitrogen and oxygen atoms in total. The molecular formula is C14H16F3NO2S. The third-order valence-electron chi connectivity index (χ3n) is 3.31. The molecule has 0 bridgehead atoms. The average molecular weight is 319 g/mol. The number of thioether (sulfide) groups is 1. The zero-order chi connectivity index (χ0) is 15.6. The number of amides is 1. The highest BCUT2D eigenvalue weighted by Gasteiger charge is 2.38. The van der Waals surface area contributed by atoms with E-state index < -0.39 is 11.7 Å². The van der Waals surface area contributed by atoms with Crippen molar-refractivity contribution < 1.29 is 22.7 Å². The monoisotopic (exact) mass is 319 g/mol. The summed E-state index contributed by atoms with van der Waals surface area (Å²) in [6.07, 6.45) is -4.35. The molecule has 0 spiro atoms. The number of carbonyl (C=O) groups is 1. The van der Waals surface area contributed by atoms with E-state index in [9.17, 15) is 18.0 Å². The maximum absolute atomic E-state index is 12.6. The second kappa shape index (κ2) is 6.27. The van der Waals surface area contributed by atoms with Gasteiger partial charge in [-0.05, 0) is 24.6 Å². The molecule has 1 saturated heterocycles. The van der Waals surface area contributed by atoms with Crippen molar-refractivity contribution in [3.05, 3.63) is 35.4 Å². The fourth-order valence-corrected chi connectivity index (χ4v) is 3.50. The highest BCUT2D eigenvalue weighted by Crippen LogP contribution is 2.43. The van der Waals surface area contributed by atoms with Crippen molar-refractivity contribution >= 4 is 17.7 Å². The van der Waals surface area contributed by atoms with E-state index in [0.29, 0.717) is 18.7 Å². The van der Waals surface area contributed by atoms with Gasteiger partial charge in [0.2, 0.25) is 5.91 Å². The van der Waals surface area contributed by atoms with Crippen LogP contribution < -0.4 is 0 Å². The van der Waals surface area contributed by atoms with Crippen LogP contribution in [0.5, 0.6) is 0 Å². The maximum atomic E-state index is 12.6. The van der Waals surface area contributed by atoms with Gasteiger partial charge in [0.05, 0.1) is 17.4 Å². The van der Waals surface area contributed by atoms with Gasteiger partial charge in [0.15, 0.2) is 0 Å². The quantitative estimate of drug-likeness (QED) is 0.853. The Hall–Kier alpha value is -1.21. The summed E-state index contributed by atoms with van der Waals surface area (Å²) in [6, 6.07) is 4.98. The van der Waals surface area contributed by atoms with Crippen LogP contribution in [0.4, 0.5) is 13.2 Å². The Balaban J connectivity index is 2.21. The molecule has 7 heteroatoms. The van der Waals surface area contributed by atoms with Gasteiger partial charge in [0, 0.05) is 13.7 Å². The van der Waals surface area contributed by atoms with Gasteiger partial charge in [-0.1, -0.05) is 12.1 Å². The molecule has 1 aromatic rings. The van der Waals surface area contributed by atoms with Gasteiger partial charge in [-0.2, -0.15) is 13.2 Å². The van der Waals surface area contributed by atoms with E-state index in [1.165, 1.54) is 23.9 Å². The maximum Gasteiger partial charge on any atom is 0.416 e. The highest BCUT2D eigenvalue weighted by atomic mass is 32.2. The molecule has 0 aromatic heterocycles. The molecule has 2 atom stereocenters. The van der Waals surface area contributed by atoms with Crippen molar-refractivity contribution in [2.45, 2.75) is 23.7 Å². The van der Waals surface area contributed by atoms with Gasteiger partial charge >= 0.3 is 6.18 Å². The first-order valence-corrected chi connectivity index (χ1v) is 7.41. The van der Waals surface area contributed by atoms with Crippen molar-refractivity contribution in [2.24, 2.45) is 0 Å². The molecule has 1 fully saturated rings. The number of carbonyl (C=O) groups excluding carboxylic acids is 1. The highest BCUT2D eigenvalue weighted by molar-refractivity contribution is 8.01. The van der Waals surface area contributed by atoms with Crippen LogP contribution in [0.3, 0.4) is 0 Å². The molecule has 1 aliphatic rings. The Kier molecular flexibility index (Phi) is 4.83. The molecule has 1 aromatic carbocycles. The minimum Gasteiger partial charge on any atom is -0.383 e. The molecule has 0 radical (unpaired) electrons. The number of rotatable bonds is 4. The Bertz CT molecular complexity index is 504. The van der Waals surface area contributed by atoms with Gasteiger partial charge < -0.3 is 9.64 Å². The second-order valence-electron chi connectivity index (χ2n) is 4.77. The van der Waals surface area contributed by atoms with E-state index in [1.54, 1.807) is 18.9 Å². The molecule has 1 aliphatic heterocycles. The zero-order valence-electron chi connectivity index (χ0n) is 11.7. The van der Waals surface area contributed by atoms with Gasteiger partial charge in [0.25, 0.3) is 0 Å². The number of hydrogen-bond acceptors (Lipinski definition) is 3. The first kappa shape index (κ1) is 16.2. The number of hydrogen-bond donors (Lipinski definition) is 0. The van der Waals surface area contributed by atoms with Crippen molar-refractivity contribution in [2.75, 3.05) is 20.3 Å². The lowest BCUT2D eigenvalue weighted by atomic mass is 10.1. The van der Waals surface area contributed by atoms with Gasteiger partial charge in [-0.3, -0.25) is 4.79 Å². The fourth-order valence-electron chi connectivity index (χ4n) is 2.19. The summed E-state index contributed by atoms with van der Waals surface area (Å²) in [4.78, 5) is 13.7. The SMILES string of the molecule is COCCN1C(=O)[C@@H](C)S[C@@H]1c1ccc(C(F)(F)F)cc1. The molecular weight excluding hydrogens is 303 g/mol. The molecule has 116 valence electrons. The third-order valence-corrected chi connectivity index (χ3v) is 4.70. The number of benzene rings is 1. The molecule has 0 unspecified atom stereocenters. The predicted molar refractivity (Wildman–Crippen MR) is 74.8 cm³/mol. The summed E-state index contributed by atoms with van der Waals surface area (Å²) in [6.45, 7) is 2.63. The molecule has 2 rings (SSSR count). The minimum atomic E-state index is -4.35. The van der Waals surface area contributed by atoms with Gasteiger partial charge in [-0.25, -0.2) is 0 Å². The first-order chi connectivity index (χ1) is 9.84. The summed E-state index contributed by atoms with van der Waals surface area (Å²) in [5.41, 5.74) is 0.0128. The van der Waals surface area contributed by atoms with Crippen LogP contribution in [-0.2, 0) is 15.7 Å². The van der Waals surface area contributed by atoms with Crippen molar-refractivity contribution in [3.8, 4) is 0 Å². The van der Waals surface area contributed by atoms with E-state index in [1.807, 2.05) is 0 Å². The Morgan fingerprint density at radius 3 is 2.43 bits per heavy atom. The first-order valence-electron chi connectivity index (χ1n) is 6.46. The third kappa shape index (κ3) is 3.52. The lowest BCUT2D eigenvalue weighted by molar-refractivity contribution is -0.137. The molecule has 21 heavy (non-hydrogen) atoms. The Morgan fingerprint density at radius 2 is 1.90 bits per heavy atom. The Morgan fingerprint density at radius 1 is 1.29 bits per heavy atom. The summed E-state index contributed by atoms with van der Waals surface area (Å²) in [7, 11) is 1.55. The average Bonchev–Trinajstić information content (AvgIpc) is 2.72. The molecule has 0 aliphatic carbocycles. The number of halogens is 3. The Labute approximate surface area is 125 Å². The van der Waals surface area contributed by atoms with E-state index in [2.05, 4.69) is 0 Å². The number of alkyl halides is 3. The zero-order valence-corrected chi connectivity index (χ0v) is 12.5. The summed E-state index contributed by atoms with van der Waals surface area (Å²) >= 11 is 1.44. The lowest BCUT2D eigenvalue weighted by Gasteiger charge is -2.24. The number of nitrogens with zero attached hydrogens (tertiary/aromatic N) is 1. The number of methoxy groups -OCH3 is 1. The molecule has 1 amide bonds. The predicted octanol–water partition coefficient (Wildman–Crippen LogP) is 3.31. The fraction of sp³-hybridized carbons (Fsp3) is 0.500. The topological polar surface area (TPSA) is 29.5 Å². The van der Waals surface area contributed by atoms with E-state index in [4.69, 9.17) is 4.74 Å². The van der Waals surface area contributed by atoms with Crippen LogP contribution >= 0.6 is 11.8 Å². The van der Waals surface area contributed by atoms with Crippen LogP contribution in [0.25, 0.3) is 0 Å². The number of ether oxygens (including phenoxy) is 1. The van der Waals surface area contributed by atoms with E-state index in [-0.39, 0.29) is 16.5 Å². The lowest BCUT2D eigenvalue weighted by Crippen LogP contribution is -2.33. The van der Waals surface area contributed by atoms with Gasteiger partial charge in [0.1, 0.15) is 5.37 Å². The minimum absolute atomic E-state index is 0.0121. The smallest absolute Gasteiger partial charge is 0.383 e. The second-order valence-corrected chi connectivity index (χ2v) is 6.20. The summed E-state index contributed by atoms with van der Waals surface area (Å²) in [5.74, 6) is -0.0121. The molecule has 1 heterocycles. The van der Waals surface area contributed by atoms with Crippen LogP contribution in [0, 0.1) is 0 Å². The van der Waals surface area contributed by atoms with Crippen LogP contribution in [0.2, 0.25) is 0 Å². The summed E-state index contributed by atoms with van der Waals surface area (Å²) in [5, 5.41) is -0.459. The van der Waals surface area contributed by atoms with Crippen LogP contribution in [0.1, 0.15) is 23.4 Å². The molecule has 0 N–H and O–H groups in total. The van der Waals surface area contributed by atoms with Gasteiger partial charge in [-0.15, -0.1) is 11.8 Å². The largest absolute Gasteiger partial charge is 0.416 e. The van der Waals surface area contributed by atoms with Crippen LogP contribution in [0.15, 0.2) is 24.3 Å². The van der Waals surface area contributed by atoms with Crippen molar-refractivity contribution in [1.29, 1.82) is 0 Å². The summed E-state index contributed by atoms with van der Waals surface area (Å²) < 4.78 is 42.7. The van der Waals surface area contributed by atoms with E-state index in [0.717, 1.165) is 12.1 Å². The van der Waals surface area contributed by atoms with Crippen LogP contribution in [-0.4, -0.2) is 36.3 Å². The van der Waals surface area contributed by atoms with E-state index >= 15 is 0 Å². The molecule has 0 saturated carbocycles. The van der Waals surface area contributed by atoms with Crippen molar-refractivity contribution in [3.63, 3.8) is 0 Å². The van der Waals surface area contributed by atoms with Crippen molar-refractivity contribution in [1.82, 2.24) is 4.90 Å². The standard InChI is InChI=1S/C14H16F3NO2S/c1-9-12(19)18(7-8-20-2)13(21-9)10-3-5-11(6-4-10)14(15,16)17/h3-6,9,13H,7-8H2,1-2H3/t9-,13-/m1/s1. The normalized spacial score (nSPS) is 22.9.